The van der Waals surface area contributed by atoms with Crippen molar-refractivity contribution in [3.8, 4) is 5.75 Å². The first-order chi connectivity index (χ1) is 14.7. The zero-order valence-corrected chi connectivity index (χ0v) is 17.6. The lowest BCUT2D eigenvalue weighted by atomic mass is 10.1. The second-order valence-corrected chi connectivity index (χ2v) is 7.55. The summed E-state index contributed by atoms with van der Waals surface area (Å²) in [5.74, 6) is 0.733. The number of carbonyl (C=O) groups is 1. The van der Waals surface area contributed by atoms with Crippen molar-refractivity contribution in [3.63, 3.8) is 0 Å². The minimum Gasteiger partial charge on any atom is -0.497 e. The predicted molar refractivity (Wildman–Crippen MR) is 120 cm³/mol. The van der Waals surface area contributed by atoms with Gasteiger partial charge in [0.1, 0.15) is 5.75 Å². The molecule has 0 amide bonds. The smallest absolute Gasteiger partial charge is 0.185 e. The highest BCUT2D eigenvalue weighted by molar-refractivity contribution is 6.08. The number of benzene rings is 2. The first-order valence-electron chi connectivity index (χ1n) is 10.4. The van der Waals surface area contributed by atoms with E-state index < -0.39 is 0 Å². The molecular formula is C25H28N2O3. The van der Waals surface area contributed by atoms with Gasteiger partial charge in [0.2, 0.25) is 0 Å². The topological polar surface area (TPSA) is 43.7 Å². The minimum atomic E-state index is -0.0119. The number of morpholine rings is 1. The van der Waals surface area contributed by atoms with Crippen LogP contribution in [0.25, 0.3) is 17.0 Å². The van der Waals surface area contributed by atoms with E-state index in [2.05, 4.69) is 40.7 Å². The Labute approximate surface area is 177 Å². The molecule has 156 valence electrons. The molecule has 0 spiro atoms. The number of para-hydroxylation sites is 1. The molecule has 0 unspecified atom stereocenters. The average Bonchev–Trinajstić information content (AvgIpc) is 3.07. The molecule has 0 saturated carbocycles. The number of methoxy groups -OCH3 is 1. The Morgan fingerprint density at radius 3 is 2.53 bits per heavy atom. The average molecular weight is 405 g/mol. The number of hydrogen-bond donors (Lipinski definition) is 0. The van der Waals surface area contributed by atoms with Crippen LogP contribution < -0.4 is 4.74 Å². The molecule has 1 fully saturated rings. The normalized spacial score (nSPS) is 15.1. The van der Waals surface area contributed by atoms with E-state index in [0.717, 1.165) is 50.7 Å². The van der Waals surface area contributed by atoms with Gasteiger partial charge in [-0.05, 0) is 49.4 Å². The zero-order chi connectivity index (χ0) is 20.9. The van der Waals surface area contributed by atoms with Gasteiger partial charge in [-0.1, -0.05) is 18.2 Å². The zero-order valence-electron chi connectivity index (χ0n) is 17.6. The van der Waals surface area contributed by atoms with E-state index in [1.54, 1.807) is 25.3 Å². The van der Waals surface area contributed by atoms with Gasteiger partial charge in [-0.15, -0.1) is 0 Å². The summed E-state index contributed by atoms with van der Waals surface area (Å²) in [7, 11) is 1.62. The van der Waals surface area contributed by atoms with Gasteiger partial charge in [-0.2, -0.15) is 0 Å². The van der Waals surface area contributed by atoms with Crippen LogP contribution in [0.1, 0.15) is 21.6 Å². The van der Waals surface area contributed by atoms with Crippen LogP contribution in [0.3, 0.4) is 0 Å². The minimum absolute atomic E-state index is 0.0119. The van der Waals surface area contributed by atoms with Crippen molar-refractivity contribution in [3.05, 3.63) is 71.4 Å². The molecule has 0 bridgehead atoms. The highest BCUT2D eigenvalue weighted by atomic mass is 16.5. The van der Waals surface area contributed by atoms with Crippen LogP contribution in [0, 0.1) is 6.92 Å². The van der Waals surface area contributed by atoms with Crippen LogP contribution in [0.2, 0.25) is 0 Å². The molecular weight excluding hydrogens is 376 g/mol. The summed E-state index contributed by atoms with van der Waals surface area (Å²) < 4.78 is 13.0. The summed E-state index contributed by atoms with van der Waals surface area (Å²) in [6, 6.07) is 15.6. The number of ketones is 1. The maximum absolute atomic E-state index is 12.7. The molecule has 3 aromatic rings. The van der Waals surface area contributed by atoms with Crippen molar-refractivity contribution in [1.29, 1.82) is 0 Å². The summed E-state index contributed by atoms with van der Waals surface area (Å²) in [6.07, 6.45) is 3.62. The van der Waals surface area contributed by atoms with Crippen LogP contribution >= 0.6 is 0 Å². The van der Waals surface area contributed by atoms with Gasteiger partial charge < -0.3 is 14.0 Å². The Morgan fingerprint density at radius 2 is 1.80 bits per heavy atom. The Balaban J connectivity index is 1.57. The molecule has 0 N–H and O–H groups in total. The standard InChI is InChI=1S/C25H28N2O3/c1-19-22(11-12-25(28)20-7-9-21(29-2)10-8-20)23-5-3-4-6-24(23)27(19)14-13-26-15-17-30-18-16-26/h3-12H,13-18H2,1-2H3/b12-11+. The molecule has 1 aliphatic heterocycles. The van der Waals surface area contributed by atoms with E-state index in [1.165, 1.54) is 16.6 Å². The maximum Gasteiger partial charge on any atom is 0.185 e. The number of fused-ring (bicyclic) bond motifs is 1. The molecule has 1 aromatic heterocycles. The Hall–Kier alpha value is -2.89. The third kappa shape index (κ3) is 4.32. The molecule has 2 heterocycles. The lowest BCUT2D eigenvalue weighted by molar-refractivity contribution is 0.0365. The van der Waals surface area contributed by atoms with Crippen molar-refractivity contribution >= 4 is 22.8 Å². The van der Waals surface area contributed by atoms with Gasteiger partial charge in [0, 0.05) is 53.9 Å². The van der Waals surface area contributed by atoms with E-state index in [-0.39, 0.29) is 5.78 Å². The molecule has 4 rings (SSSR count). The number of ether oxygens (including phenoxy) is 2. The van der Waals surface area contributed by atoms with E-state index in [4.69, 9.17) is 9.47 Å². The number of carbonyl (C=O) groups excluding carboxylic acids is 1. The molecule has 5 heteroatoms. The van der Waals surface area contributed by atoms with Crippen molar-refractivity contribution in [1.82, 2.24) is 9.47 Å². The van der Waals surface area contributed by atoms with Crippen LogP contribution in [-0.4, -0.2) is 55.2 Å². The van der Waals surface area contributed by atoms with E-state index in [0.29, 0.717) is 5.56 Å². The van der Waals surface area contributed by atoms with Crippen LogP contribution in [0.4, 0.5) is 0 Å². The first-order valence-corrected chi connectivity index (χ1v) is 10.4. The lowest BCUT2D eigenvalue weighted by Crippen LogP contribution is -2.38. The molecule has 1 aliphatic rings. The van der Waals surface area contributed by atoms with Crippen molar-refractivity contribution in [2.45, 2.75) is 13.5 Å². The summed E-state index contributed by atoms with van der Waals surface area (Å²) in [5.41, 5.74) is 4.15. The highest BCUT2D eigenvalue weighted by Crippen LogP contribution is 2.27. The predicted octanol–water partition coefficient (Wildman–Crippen LogP) is 4.19. The Kier molecular flexibility index (Phi) is 6.31. The van der Waals surface area contributed by atoms with Gasteiger partial charge >= 0.3 is 0 Å². The van der Waals surface area contributed by atoms with Crippen molar-refractivity contribution < 1.29 is 14.3 Å². The quantitative estimate of drug-likeness (QED) is 0.438. The van der Waals surface area contributed by atoms with Gasteiger partial charge in [0.05, 0.1) is 20.3 Å². The van der Waals surface area contributed by atoms with Crippen molar-refractivity contribution in [2.75, 3.05) is 40.0 Å². The van der Waals surface area contributed by atoms with Gasteiger partial charge in [-0.3, -0.25) is 9.69 Å². The molecule has 1 saturated heterocycles. The number of hydrogen-bond acceptors (Lipinski definition) is 4. The Morgan fingerprint density at radius 1 is 1.07 bits per heavy atom. The fraction of sp³-hybridized carbons (Fsp3) is 0.320. The monoisotopic (exact) mass is 404 g/mol. The van der Waals surface area contributed by atoms with Gasteiger partial charge in [0.15, 0.2) is 5.78 Å². The van der Waals surface area contributed by atoms with Gasteiger partial charge in [0.25, 0.3) is 0 Å². The molecule has 30 heavy (non-hydrogen) atoms. The number of allylic oxidation sites excluding steroid dienone is 1. The van der Waals surface area contributed by atoms with Crippen molar-refractivity contribution in [2.24, 2.45) is 0 Å². The first kappa shape index (κ1) is 20.4. The van der Waals surface area contributed by atoms with Crippen LogP contribution in [0.5, 0.6) is 5.75 Å². The number of aromatic nitrogens is 1. The lowest BCUT2D eigenvalue weighted by Gasteiger charge is -2.27. The fourth-order valence-electron chi connectivity index (χ4n) is 4.03. The van der Waals surface area contributed by atoms with Crippen LogP contribution in [0.15, 0.2) is 54.6 Å². The molecule has 2 aromatic carbocycles. The summed E-state index contributed by atoms with van der Waals surface area (Å²) >= 11 is 0. The number of rotatable bonds is 7. The third-order valence-electron chi connectivity index (χ3n) is 5.80. The van der Waals surface area contributed by atoms with E-state index >= 15 is 0 Å². The van der Waals surface area contributed by atoms with Gasteiger partial charge in [-0.25, -0.2) is 0 Å². The third-order valence-corrected chi connectivity index (χ3v) is 5.80. The summed E-state index contributed by atoms with van der Waals surface area (Å²) in [4.78, 5) is 15.1. The highest BCUT2D eigenvalue weighted by Gasteiger charge is 2.15. The second-order valence-electron chi connectivity index (χ2n) is 7.55. The SMILES string of the molecule is COc1ccc(C(=O)/C=C/c2c(C)n(CCN3CCOCC3)c3ccccc23)cc1. The second kappa shape index (κ2) is 9.28. The molecule has 0 radical (unpaired) electrons. The van der Waals surface area contributed by atoms with E-state index in [9.17, 15) is 4.79 Å². The Bertz CT molecular complexity index is 1040. The number of nitrogens with zero attached hydrogens (tertiary/aromatic N) is 2. The summed E-state index contributed by atoms with van der Waals surface area (Å²) in [5, 5.41) is 1.18. The molecule has 0 atom stereocenters. The molecule has 0 aliphatic carbocycles. The van der Waals surface area contributed by atoms with E-state index in [1.807, 2.05) is 18.2 Å². The van der Waals surface area contributed by atoms with Crippen LogP contribution in [-0.2, 0) is 11.3 Å². The molecule has 5 nitrogen and oxygen atoms in total. The largest absolute Gasteiger partial charge is 0.497 e. The summed E-state index contributed by atoms with van der Waals surface area (Å²) in [6.45, 7) is 7.66. The maximum atomic E-state index is 12.7. The fourth-order valence-corrected chi connectivity index (χ4v) is 4.03.